The predicted molar refractivity (Wildman–Crippen MR) is 82.3 cm³/mol. The van der Waals surface area contributed by atoms with Crippen LogP contribution in [0.25, 0.3) is 10.8 Å². The number of nitriles is 1. The average Bonchev–Trinajstić information content (AvgIpc) is 2.52. The summed E-state index contributed by atoms with van der Waals surface area (Å²) in [5.74, 6) is 0.460. The Bertz CT molecular complexity index is 694. The minimum absolute atomic E-state index is 0.0619. The van der Waals surface area contributed by atoms with Crippen molar-refractivity contribution < 1.29 is 9.53 Å². The molecule has 0 spiro atoms. The molecular formula is C16H15ClN2O2. The lowest BCUT2D eigenvalue weighted by molar-refractivity contribution is -0.131. The summed E-state index contributed by atoms with van der Waals surface area (Å²) < 4.78 is 5.60. The first-order chi connectivity index (χ1) is 10.1. The summed E-state index contributed by atoms with van der Waals surface area (Å²) in [4.78, 5) is 13.4. The topological polar surface area (TPSA) is 53.3 Å². The maximum absolute atomic E-state index is 11.9. The molecule has 2 aromatic carbocycles. The second-order valence-electron chi connectivity index (χ2n) is 4.60. The van der Waals surface area contributed by atoms with Gasteiger partial charge in [0.1, 0.15) is 5.75 Å². The molecule has 0 unspecified atom stereocenters. The van der Waals surface area contributed by atoms with Crippen LogP contribution in [0.5, 0.6) is 5.75 Å². The molecule has 2 rings (SSSR count). The quantitative estimate of drug-likeness (QED) is 0.852. The number of fused-ring (bicyclic) bond motifs is 1. The van der Waals surface area contributed by atoms with E-state index in [1.807, 2.05) is 30.3 Å². The Morgan fingerprint density at radius 3 is 2.71 bits per heavy atom. The van der Waals surface area contributed by atoms with Crippen molar-refractivity contribution in [2.24, 2.45) is 0 Å². The van der Waals surface area contributed by atoms with Gasteiger partial charge in [0.25, 0.3) is 5.91 Å². The van der Waals surface area contributed by atoms with Gasteiger partial charge in [-0.3, -0.25) is 4.79 Å². The van der Waals surface area contributed by atoms with Gasteiger partial charge in [-0.05, 0) is 12.1 Å². The number of hydrogen-bond acceptors (Lipinski definition) is 3. The van der Waals surface area contributed by atoms with Crippen molar-refractivity contribution >= 4 is 28.3 Å². The summed E-state index contributed by atoms with van der Waals surface area (Å²) in [7, 11) is 1.66. The zero-order chi connectivity index (χ0) is 15.2. The van der Waals surface area contributed by atoms with E-state index in [0.717, 1.165) is 10.8 Å². The first kappa shape index (κ1) is 15.1. The molecule has 0 aliphatic carbocycles. The first-order valence-corrected chi connectivity index (χ1v) is 6.92. The van der Waals surface area contributed by atoms with Gasteiger partial charge in [0.05, 0.1) is 12.5 Å². The van der Waals surface area contributed by atoms with E-state index in [9.17, 15) is 4.79 Å². The second kappa shape index (κ2) is 6.96. The van der Waals surface area contributed by atoms with Crippen LogP contribution in [-0.4, -0.2) is 31.0 Å². The molecule has 4 nitrogen and oxygen atoms in total. The Kier molecular flexibility index (Phi) is 5.02. The molecule has 0 N–H and O–H groups in total. The lowest BCUT2D eigenvalue weighted by Crippen LogP contribution is -2.32. The van der Waals surface area contributed by atoms with Gasteiger partial charge < -0.3 is 9.64 Å². The molecule has 0 saturated carbocycles. The van der Waals surface area contributed by atoms with Crippen LogP contribution >= 0.6 is 11.6 Å². The van der Waals surface area contributed by atoms with Crippen LogP contribution in [0.4, 0.5) is 0 Å². The van der Waals surface area contributed by atoms with Crippen molar-refractivity contribution in [2.75, 3.05) is 20.2 Å². The lowest BCUT2D eigenvalue weighted by Gasteiger charge is -2.16. The molecule has 0 aliphatic heterocycles. The number of carbonyl (C=O) groups excluding carboxylic acids is 1. The number of rotatable bonds is 5. The average molecular weight is 303 g/mol. The summed E-state index contributed by atoms with van der Waals surface area (Å²) in [6, 6.07) is 13.1. The largest absolute Gasteiger partial charge is 0.483 e. The van der Waals surface area contributed by atoms with Gasteiger partial charge in [-0.2, -0.15) is 5.26 Å². The molecule has 0 bridgehead atoms. The molecule has 1 amide bonds. The minimum atomic E-state index is -0.163. The Labute approximate surface area is 128 Å². The van der Waals surface area contributed by atoms with Gasteiger partial charge in [-0.15, -0.1) is 0 Å². The third kappa shape index (κ3) is 3.65. The molecule has 2 aromatic rings. The van der Waals surface area contributed by atoms with Gasteiger partial charge >= 0.3 is 0 Å². The molecule has 0 aromatic heterocycles. The maximum Gasteiger partial charge on any atom is 0.260 e. The Morgan fingerprint density at radius 1 is 1.29 bits per heavy atom. The number of likely N-dealkylation sites (N-methyl/N-ethyl adjacent to an activating group) is 1. The zero-order valence-corrected chi connectivity index (χ0v) is 12.4. The first-order valence-electron chi connectivity index (χ1n) is 6.54. The fourth-order valence-electron chi connectivity index (χ4n) is 1.95. The van der Waals surface area contributed by atoms with Crippen LogP contribution in [0.3, 0.4) is 0 Å². The van der Waals surface area contributed by atoms with Crippen molar-refractivity contribution in [1.29, 1.82) is 5.26 Å². The molecule has 0 heterocycles. The summed E-state index contributed by atoms with van der Waals surface area (Å²) >= 11 is 6.14. The minimum Gasteiger partial charge on any atom is -0.483 e. The van der Waals surface area contributed by atoms with E-state index in [0.29, 0.717) is 23.7 Å². The summed E-state index contributed by atoms with van der Waals surface area (Å²) in [5, 5.41) is 10.9. The lowest BCUT2D eigenvalue weighted by atomic mass is 10.1. The van der Waals surface area contributed by atoms with E-state index >= 15 is 0 Å². The van der Waals surface area contributed by atoms with E-state index in [2.05, 4.69) is 0 Å². The van der Waals surface area contributed by atoms with Crippen molar-refractivity contribution in [3.05, 3.63) is 41.4 Å². The maximum atomic E-state index is 11.9. The number of hydrogen-bond donors (Lipinski definition) is 0. The van der Waals surface area contributed by atoms with Gasteiger partial charge in [0.2, 0.25) is 0 Å². The molecule has 0 aliphatic rings. The van der Waals surface area contributed by atoms with Crippen LogP contribution in [-0.2, 0) is 4.79 Å². The van der Waals surface area contributed by atoms with E-state index in [-0.39, 0.29) is 12.5 Å². The number of benzene rings is 2. The van der Waals surface area contributed by atoms with E-state index in [4.69, 9.17) is 21.6 Å². The highest BCUT2D eigenvalue weighted by molar-refractivity contribution is 6.35. The van der Waals surface area contributed by atoms with Crippen molar-refractivity contribution in [3.63, 3.8) is 0 Å². The highest BCUT2D eigenvalue weighted by Crippen LogP contribution is 2.31. The Morgan fingerprint density at radius 2 is 2.00 bits per heavy atom. The fourth-order valence-corrected chi connectivity index (χ4v) is 2.18. The number of carbonyl (C=O) groups is 1. The fraction of sp³-hybridized carbons (Fsp3) is 0.250. The number of amides is 1. The SMILES string of the molecule is CN(CCC#N)C(=O)COc1ccc(Cl)c2ccccc12. The molecule has 108 valence electrons. The summed E-state index contributed by atoms with van der Waals surface area (Å²) in [6.07, 6.45) is 0.312. The van der Waals surface area contributed by atoms with Gasteiger partial charge in [-0.1, -0.05) is 35.9 Å². The summed E-state index contributed by atoms with van der Waals surface area (Å²) in [5.41, 5.74) is 0. The van der Waals surface area contributed by atoms with Crippen molar-refractivity contribution in [3.8, 4) is 11.8 Å². The van der Waals surface area contributed by atoms with Gasteiger partial charge in [-0.25, -0.2) is 0 Å². The molecule has 5 heteroatoms. The molecule has 0 radical (unpaired) electrons. The molecule has 0 fully saturated rings. The number of halogens is 1. The molecule has 0 atom stereocenters. The number of nitrogens with zero attached hydrogens (tertiary/aromatic N) is 2. The van der Waals surface area contributed by atoms with Crippen LogP contribution in [0, 0.1) is 11.3 Å². The second-order valence-corrected chi connectivity index (χ2v) is 5.01. The predicted octanol–water partition coefficient (Wildman–Crippen LogP) is 3.24. The van der Waals surface area contributed by atoms with Gasteiger partial charge in [0.15, 0.2) is 6.61 Å². The van der Waals surface area contributed by atoms with Crippen molar-refractivity contribution in [2.45, 2.75) is 6.42 Å². The monoisotopic (exact) mass is 302 g/mol. The molecule has 21 heavy (non-hydrogen) atoms. The van der Waals surface area contributed by atoms with Crippen LogP contribution in [0.15, 0.2) is 36.4 Å². The normalized spacial score (nSPS) is 10.1. The third-order valence-corrected chi connectivity index (χ3v) is 3.50. The van der Waals surface area contributed by atoms with E-state index < -0.39 is 0 Å². The van der Waals surface area contributed by atoms with E-state index in [1.165, 1.54) is 4.90 Å². The Balaban J connectivity index is 2.09. The van der Waals surface area contributed by atoms with Crippen LogP contribution < -0.4 is 4.74 Å². The Hall–Kier alpha value is -2.25. The van der Waals surface area contributed by atoms with Crippen LogP contribution in [0.2, 0.25) is 5.02 Å². The highest BCUT2D eigenvalue weighted by Gasteiger charge is 2.11. The van der Waals surface area contributed by atoms with Crippen molar-refractivity contribution in [1.82, 2.24) is 4.90 Å². The summed E-state index contributed by atoms with van der Waals surface area (Å²) in [6.45, 7) is 0.341. The molecule has 0 saturated heterocycles. The number of ether oxygens (including phenoxy) is 1. The standard InChI is InChI=1S/C16H15ClN2O2/c1-19(10-4-9-18)16(20)11-21-15-8-7-14(17)12-5-2-3-6-13(12)15/h2-3,5-8H,4,10-11H2,1H3. The third-order valence-electron chi connectivity index (χ3n) is 3.17. The van der Waals surface area contributed by atoms with Crippen LogP contribution in [0.1, 0.15) is 6.42 Å². The van der Waals surface area contributed by atoms with Gasteiger partial charge in [0, 0.05) is 29.4 Å². The molecular weight excluding hydrogens is 288 g/mol. The smallest absolute Gasteiger partial charge is 0.260 e. The zero-order valence-electron chi connectivity index (χ0n) is 11.7. The highest BCUT2D eigenvalue weighted by atomic mass is 35.5. The van der Waals surface area contributed by atoms with E-state index in [1.54, 1.807) is 19.2 Å².